The molecule has 31 heavy (non-hydrogen) atoms. The molecule has 0 bridgehead atoms. The Morgan fingerprint density at radius 3 is 2.35 bits per heavy atom. The van der Waals surface area contributed by atoms with E-state index in [1.807, 2.05) is 37.3 Å². The topological polar surface area (TPSA) is 42.0 Å². The summed E-state index contributed by atoms with van der Waals surface area (Å²) >= 11 is 1.64. The second-order valence-corrected chi connectivity index (χ2v) is 8.71. The van der Waals surface area contributed by atoms with Crippen LogP contribution in [0.1, 0.15) is 29.3 Å². The first-order valence-corrected chi connectivity index (χ1v) is 11.4. The molecule has 0 atom stereocenters. The highest BCUT2D eigenvalue weighted by molar-refractivity contribution is 7.18. The lowest BCUT2D eigenvalue weighted by Gasteiger charge is -2.13. The van der Waals surface area contributed by atoms with Crippen molar-refractivity contribution < 1.29 is 4.79 Å². The Hall–Kier alpha value is -3.24. The number of nitrogens with zero attached hydrogens (tertiary/aromatic N) is 1. The average molecular weight is 427 g/mol. The van der Waals surface area contributed by atoms with Gasteiger partial charge in [-0.25, -0.2) is 4.98 Å². The molecular weight excluding hydrogens is 400 g/mol. The first-order chi connectivity index (χ1) is 15.0. The second kappa shape index (κ2) is 9.27. The maximum atomic E-state index is 13.0. The third-order valence-corrected chi connectivity index (χ3v) is 6.56. The molecule has 1 amide bonds. The predicted molar refractivity (Wildman–Crippen MR) is 131 cm³/mol. The van der Waals surface area contributed by atoms with Gasteiger partial charge in [0.25, 0.3) is 0 Å². The van der Waals surface area contributed by atoms with Crippen LogP contribution in [0.5, 0.6) is 0 Å². The van der Waals surface area contributed by atoms with E-state index in [9.17, 15) is 4.79 Å². The third kappa shape index (κ3) is 4.75. The van der Waals surface area contributed by atoms with Crippen molar-refractivity contribution in [3.05, 3.63) is 95.2 Å². The lowest BCUT2D eigenvalue weighted by atomic mass is 10.1. The second-order valence-electron chi connectivity index (χ2n) is 7.71. The summed E-state index contributed by atoms with van der Waals surface area (Å²) < 4.78 is 0. The maximum absolute atomic E-state index is 13.0. The smallest absolute Gasteiger partial charge is 0.230 e. The third-order valence-electron chi connectivity index (χ3n) is 5.36. The molecule has 4 aromatic rings. The van der Waals surface area contributed by atoms with E-state index in [-0.39, 0.29) is 12.3 Å². The molecular formula is C27H26N2OS. The van der Waals surface area contributed by atoms with Crippen LogP contribution in [0.25, 0.3) is 21.0 Å². The van der Waals surface area contributed by atoms with Crippen LogP contribution in [0.2, 0.25) is 0 Å². The summed E-state index contributed by atoms with van der Waals surface area (Å²) in [7, 11) is 0. The van der Waals surface area contributed by atoms with Gasteiger partial charge >= 0.3 is 0 Å². The summed E-state index contributed by atoms with van der Waals surface area (Å²) in [4.78, 5) is 19.0. The highest BCUT2D eigenvalue weighted by Crippen LogP contribution is 2.36. The lowest BCUT2D eigenvalue weighted by molar-refractivity contribution is -0.115. The Balaban J connectivity index is 1.67. The zero-order valence-corrected chi connectivity index (χ0v) is 18.9. The van der Waals surface area contributed by atoms with Crippen LogP contribution < -0.4 is 5.32 Å². The summed E-state index contributed by atoms with van der Waals surface area (Å²) in [6, 6.07) is 24.7. The zero-order chi connectivity index (χ0) is 21.8. The summed E-state index contributed by atoms with van der Waals surface area (Å²) in [5.41, 5.74) is 7.34. The number of hydrogen-bond acceptors (Lipinski definition) is 3. The van der Waals surface area contributed by atoms with Gasteiger partial charge in [0.05, 0.1) is 17.0 Å². The van der Waals surface area contributed by atoms with Gasteiger partial charge in [-0.15, -0.1) is 11.3 Å². The van der Waals surface area contributed by atoms with E-state index in [1.165, 1.54) is 5.56 Å². The van der Waals surface area contributed by atoms with E-state index in [0.29, 0.717) is 0 Å². The SMILES string of the molecule is CCc1cccc(C)c1NC(=O)Cc1nc(-c2ccccc2)sc1-c1ccc(C)cc1. The van der Waals surface area contributed by atoms with E-state index in [2.05, 4.69) is 61.6 Å². The van der Waals surface area contributed by atoms with Crippen molar-refractivity contribution in [2.45, 2.75) is 33.6 Å². The van der Waals surface area contributed by atoms with Crippen LogP contribution in [0, 0.1) is 13.8 Å². The zero-order valence-electron chi connectivity index (χ0n) is 18.1. The number of rotatable bonds is 6. The fourth-order valence-electron chi connectivity index (χ4n) is 3.64. The molecule has 1 N–H and O–H groups in total. The molecule has 1 heterocycles. The standard InChI is InChI=1S/C27H26N2OS/c1-4-20-12-8-9-19(3)25(20)29-24(30)17-23-26(21-15-13-18(2)14-16-21)31-27(28-23)22-10-6-5-7-11-22/h5-16H,4,17H2,1-3H3,(H,29,30). The molecule has 1 aromatic heterocycles. The predicted octanol–water partition coefficient (Wildman–Crippen LogP) is 6.84. The molecule has 156 valence electrons. The van der Waals surface area contributed by atoms with Gasteiger partial charge < -0.3 is 5.32 Å². The van der Waals surface area contributed by atoms with Gasteiger partial charge in [0, 0.05) is 11.3 Å². The number of nitrogens with one attached hydrogen (secondary N) is 1. The molecule has 0 saturated carbocycles. The van der Waals surface area contributed by atoms with Gasteiger partial charge in [-0.3, -0.25) is 4.79 Å². The first kappa shape index (κ1) is 21.0. The highest BCUT2D eigenvalue weighted by atomic mass is 32.1. The molecule has 4 rings (SSSR count). The average Bonchev–Trinajstić information content (AvgIpc) is 3.20. The van der Waals surface area contributed by atoms with Crippen molar-refractivity contribution in [2.24, 2.45) is 0 Å². The van der Waals surface area contributed by atoms with Crippen LogP contribution in [0.3, 0.4) is 0 Å². The number of carbonyl (C=O) groups is 1. The molecule has 0 aliphatic heterocycles. The number of aromatic nitrogens is 1. The van der Waals surface area contributed by atoms with Gasteiger partial charge in [0.15, 0.2) is 0 Å². The Morgan fingerprint density at radius 2 is 1.65 bits per heavy atom. The van der Waals surface area contributed by atoms with Crippen LogP contribution in [-0.2, 0) is 17.6 Å². The van der Waals surface area contributed by atoms with E-state index in [4.69, 9.17) is 4.98 Å². The van der Waals surface area contributed by atoms with Crippen LogP contribution in [-0.4, -0.2) is 10.9 Å². The molecule has 3 nitrogen and oxygen atoms in total. The van der Waals surface area contributed by atoms with Crippen molar-refractivity contribution >= 4 is 22.9 Å². The Bertz CT molecular complexity index is 1190. The summed E-state index contributed by atoms with van der Waals surface area (Å²) in [5, 5.41) is 4.08. The number of aryl methyl sites for hydroxylation is 3. The number of para-hydroxylation sites is 1. The number of amides is 1. The van der Waals surface area contributed by atoms with Crippen LogP contribution in [0.15, 0.2) is 72.8 Å². The van der Waals surface area contributed by atoms with Crippen LogP contribution >= 0.6 is 11.3 Å². The van der Waals surface area contributed by atoms with Crippen molar-refractivity contribution in [1.29, 1.82) is 0 Å². The Kier molecular flexibility index (Phi) is 6.28. The number of benzene rings is 3. The number of thiazole rings is 1. The quantitative estimate of drug-likeness (QED) is 0.367. The molecule has 0 aliphatic carbocycles. The van der Waals surface area contributed by atoms with Gasteiger partial charge in [-0.1, -0.05) is 85.3 Å². The van der Waals surface area contributed by atoms with Gasteiger partial charge in [0.2, 0.25) is 5.91 Å². The Labute approximate surface area is 187 Å². The van der Waals surface area contributed by atoms with E-state index in [1.54, 1.807) is 11.3 Å². The molecule has 0 spiro atoms. The molecule has 0 aliphatic rings. The Morgan fingerprint density at radius 1 is 0.903 bits per heavy atom. The minimum absolute atomic E-state index is 0.0396. The van der Waals surface area contributed by atoms with E-state index < -0.39 is 0 Å². The molecule has 4 heteroatoms. The van der Waals surface area contributed by atoms with Crippen LogP contribution in [0.4, 0.5) is 5.69 Å². The number of hydrogen-bond donors (Lipinski definition) is 1. The summed E-state index contributed by atoms with van der Waals surface area (Å²) in [6.07, 6.45) is 1.12. The molecule has 3 aromatic carbocycles. The molecule has 0 radical (unpaired) electrons. The van der Waals surface area contributed by atoms with Gasteiger partial charge in [0.1, 0.15) is 5.01 Å². The number of anilines is 1. The monoisotopic (exact) mass is 426 g/mol. The minimum Gasteiger partial charge on any atom is -0.325 e. The largest absolute Gasteiger partial charge is 0.325 e. The fraction of sp³-hybridized carbons (Fsp3) is 0.185. The minimum atomic E-state index is -0.0396. The molecule has 0 unspecified atom stereocenters. The maximum Gasteiger partial charge on any atom is 0.230 e. The lowest BCUT2D eigenvalue weighted by Crippen LogP contribution is -2.17. The van der Waals surface area contributed by atoms with E-state index in [0.717, 1.165) is 49.9 Å². The summed E-state index contributed by atoms with van der Waals surface area (Å²) in [5.74, 6) is -0.0396. The molecule has 0 saturated heterocycles. The van der Waals surface area contributed by atoms with Gasteiger partial charge in [-0.2, -0.15) is 0 Å². The van der Waals surface area contributed by atoms with Crippen molar-refractivity contribution in [1.82, 2.24) is 4.98 Å². The first-order valence-electron chi connectivity index (χ1n) is 10.6. The summed E-state index contributed by atoms with van der Waals surface area (Å²) in [6.45, 7) is 6.21. The van der Waals surface area contributed by atoms with Crippen molar-refractivity contribution in [3.8, 4) is 21.0 Å². The van der Waals surface area contributed by atoms with Gasteiger partial charge in [-0.05, 0) is 37.0 Å². The normalized spacial score (nSPS) is 10.8. The highest BCUT2D eigenvalue weighted by Gasteiger charge is 2.18. The van der Waals surface area contributed by atoms with Crippen molar-refractivity contribution in [2.75, 3.05) is 5.32 Å². The molecule has 0 fully saturated rings. The number of carbonyl (C=O) groups excluding carboxylic acids is 1. The fourth-order valence-corrected chi connectivity index (χ4v) is 4.74. The van der Waals surface area contributed by atoms with E-state index >= 15 is 0 Å². The van der Waals surface area contributed by atoms with Crippen molar-refractivity contribution in [3.63, 3.8) is 0 Å².